The Bertz CT molecular complexity index is 476. The second-order valence-corrected chi connectivity index (χ2v) is 4.97. The van der Waals surface area contributed by atoms with E-state index in [0.717, 1.165) is 19.5 Å². The highest BCUT2D eigenvalue weighted by Crippen LogP contribution is 2.35. The van der Waals surface area contributed by atoms with Gasteiger partial charge in [0, 0.05) is 19.1 Å². The summed E-state index contributed by atoms with van der Waals surface area (Å²) < 4.78 is 5.04. The van der Waals surface area contributed by atoms with Gasteiger partial charge in [-0.25, -0.2) is 0 Å². The topological polar surface area (TPSA) is 81.6 Å². The lowest BCUT2D eigenvalue weighted by molar-refractivity contribution is -0.384. The van der Waals surface area contributed by atoms with Crippen LogP contribution in [0.4, 0.5) is 11.4 Å². The van der Waals surface area contributed by atoms with Crippen LogP contribution in [0.2, 0.25) is 0 Å². The molecule has 2 rings (SSSR count). The quantitative estimate of drug-likeness (QED) is 0.663. The predicted molar refractivity (Wildman–Crippen MR) is 73.6 cm³/mol. The van der Waals surface area contributed by atoms with E-state index in [2.05, 4.69) is 0 Å². The molecule has 2 unspecified atom stereocenters. The summed E-state index contributed by atoms with van der Waals surface area (Å²) >= 11 is 0. The van der Waals surface area contributed by atoms with E-state index >= 15 is 0 Å². The number of anilines is 1. The summed E-state index contributed by atoms with van der Waals surface area (Å²) in [6, 6.07) is 5.08. The Kier molecular flexibility index (Phi) is 3.90. The van der Waals surface area contributed by atoms with Crippen LogP contribution in [0.15, 0.2) is 18.2 Å². The second kappa shape index (κ2) is 5.44. The van der Waals surface area contributed by atoms with E-state index in [4.69, 9.17) is 10.5 Å². The van der Waals surface area contributed by atoms with E-state index in [0.29, 0.717) is 17.4 Å². The van der Waals surface area contributed by atoms with E-state index in [1.165, 1.54) is 13.2 Å². The van der Waals surface area contributed by atoms with Crippen molar-refractivity contribution in [3.8, 4) is 5.75 Å². The summed E-state index contributed by atoms with van der Waals surface area (Å²) in [4.78, 5) is 12.8. The Hall–Kier alpha value is -1.82. The van der Waals surface area contributed by atoms with Gasteiger partial charge in [-0.2, -0.15) is 0 Å². The van der Waals surface area contributed by atoms with Crippen LogP contribution in [0, 0.1) is 16.0 Å². The van der Waals surface area contributed by atoms with E-state index in [-0.39, 0.29) is 16.7 Å². The highest BCUT2D eigenvalue weighted by atomic mass is 16.6. The Morgan fingerprint density at radius 3 is 2.84 bits per heavy atom. The molecule has 6 heteroatoms. The van der Waals surface area contributed by atoms with Crippen molar-refractivity contribution in [1.82, 2.24) is 0 Å². The van der Waals surface area contributed by atoms with Crippen molar-refractivity contribution in [2.24, 2.45) is 11.7 Å². The number of nitro groups is 1. The van der Waals surface area contributed by atoms with Gasteiger partial charge in [0.25, 0.3) is 5.69 Å². The van der Waals surface area contributed by atoms with Gasteiger partial charge in [0.1, 0.15) is 11.4 Å². The van der Waals surface area contributed by atoms with Crippen LogP contribution in [0.1, 0.15) is 13.3 Å². The van der Waals surface area contributed by atoms with Crippen LogP contribution >= 0.6 is 0 Å². The molecule has 0 aromatic heterocycles. The molecule has 1 aliphatic rings. The summed E-state index contributed by atoms with van der Waals surface area (Å²) in [5, 5.41) is 11.2. The number of nitro benzene ring substituents is 1. The van der Waals surface area contributed by atoms with Crippen molar-refractivity contribution in [1.29, 1.82) is 0 Å². The molecule has 1 fully saturated rings. The maximum absolute atomic E-state index is 11.2. The van der Waals surface area contributed by atoms with Crippen molar-refractivity contribution < 1.29 is 9.66 Å². The minimum Gasteiger partial charge on any atom is -0.496 e. The van der Waals surface area contributed by atoms with Gasteiger partial charge < -0.3 is 15.4 Å². The fraction of sp³-hybridized carbons (Fsp3) is 0.538. The zero-order valence-electron chi connectivity index (χ0n) is 11.2. The van der Waals surface area contributed by atoms with Crippen LogP contribution in [0.25, 0.3) is 0 Å². The molecule has 104 valence electrons. The normalized spacial score (nSPS) is 20.4. The van der Waals surface area contributed by atoms with Gasteiger partial charge in [-0.1, -0.05) is 0 Å². The van der Waals surface area contributed by atoms with Gasteiger partial charge in [0.05, 0.1) is 18.1 Å². The first-order valence-corrected chi connectivity index (χ1v) is 6.36. The lowest BCUT2D eigenvalue weighted by Gasteiger charge is -2.20. The first kappa shape index (κ1) is 13.6. The molecule has 6 nitrogen and oxygen atoms in total. The molecule has 2 N–H and O–H groups in total. The van der Waals surface area contributed by atoms with E-state index in [1.54, 1.807) is 12.1 Å². The predicted octanol–water partition coefficient (Wildman–Crippen LogP) is 1.78. The molecular weight excluding hydrogens is 246 g/mol. The Balaban J connectivity index is 2.27. The van der Waals surface area contributed by atoms with Crippen LogP contribution < -0.4 is 15.4 Å². The van der Waals surface area contributed by atoms with Crippen molar-refractivity contribution in [2.45, 2.75) is 19.4 Å². The van der Waals surface area contributed by atoms with Gasteiger partial charge in [0.15, 0.2) is 0 Å². The number of benzene rings is 1. The largest absolute Gasteiger partial charge is 0.496 e. The summed E-state index contributed by atoms with van der Waals surface area (Å²) in [6.07, 6.45) is 0.973. The van der Waals surface area contributed by atoms with Crippen LogP contribution in [0.3, 0.4) is 0 Å². The van der Waals surface area contributed by atoms with Crippen molar-refractivity contribution in [3.05, 3.63) is 28.3 Å². The third-order valence-corrected chi connectivity index (χ3v) is 3.69. The Morgan fingerprint density at radius 2 is 2.32 bits per heavy atom. The fourth-order valence-corrected chi connectivity index (χ4v) is 2.48. The standard InChI is InChI=1S/C13H19N3O3/c1-9(14)10-5-6-15(8-10)12-4-3-11(19-2)7-13(12)16(17)18/h3-4,7,9-10H,5-6,8,14H2,1-2H3. The molecule has 1 aromatic rings. The zero-order chi connectivity index (χ0) is 14.0. The first-order valence-electron chi connectivity index (χ1n) is 6.36. The minimum absolute atomic E-state index is 0.0877. The SMILES string of the molecule is COc1ccc(N2CCC(C(C)N)C2)c([N+](=O)[O-])c1. The average Bonchev–Trinajstić information content (AvgIpc) is 2.87. The van der Waals surface area contributed by atoms with Gasteiger partial charge in [0.2, 0.25) is 0 Å². The maximum atomic E-state index is 11.2. The van der Waals surface area contributed by atoms with Gasteiger partial charge in [-0.15, -0.1) is 0 Å². The van der Waals surface area contributed by atoms with E-state index in [1.807, 2.05) is 11.8 Å². The number of rotatable bonds is 4. The van der Waals surface area contributed by atoms with Crippen molar-refractivity contribution in [2.75, 3.05) is 25.1 Å². The lowest BCUT2D eigenvalue weighted by atomic mass is 10.0. The molecule has 1 heterocycles. The number of hydrogen-bond donors (Lipinski definition) is 1. The third-order valence-electron chi connectivity index (χ3n) is 3.69. The van der Waals surface area contributed by atoms with Gasteiger partial charge >= 0.3 is 0 Å². The molecule has 0 amide bonds. The molecule has 0 aliphatic carbocycles. The fourth-order valence-electron chi connectivity index (χ4n) is 2.48. The van der Waals surface area contributed by atoms with Gasteiger partial charge in [-0.05, 0) is 31.4 Å². The van der Waals surface area contributed by atoms with E-state index < -0.39 is 0 Å². The highest BCUT2D eigenvalue weighted by Gasteiger charge is 2.29. The summed E-state index contributed by atoms with van der Waals surface area (Å²) in [6.45, 7) is 3.56. The summed E-state index contributed by atoms with van der Waals surface area (Å²) in [5.41, 5.74) is 6.64. The number of ether oxygens (including phenoxy) is 1. The molecule has 0 radical (unpaired) electrons. The molecule has 0 spiro atoms. The zero-order valence-corrected chi connectivity index (χ0v) is 11.2. The second-order valence-electron chi connectivity index (χ2n) is 4.97. The molecule has 0 bridgehead atoms. The third kappa shape index (κ3) is 2.78. The Labute approximate surface area is 112 Å². The number of methoxy groups -OCH3 is 1. The van der Waals surface area contributed by atoms with Crippen LogP contribution in [0.5, 0.6) is 5.75 Å². The van der Waals surface area contributed by atoms with Crippen molar-refractivity contribution >= 4 is 11.4 Å². The lowest BCUT2D eigenvalue weighted by Crippen LogP contribution is -2.29. The highest BCUT2D eigenvalue weighted by molar-refractivity contribution is 5.66. The molecular formula is C13H19N3O3. The van der Waals surface area contributed by atoms with E-state index in [9.17, 15) is 10.1 Å². The molecule has 0 saturated carbocycles. The molecule has 1 aliphatic heterocycles. The van der Waals surface area contributed by atoms with Crippen LogP contribution in [-0.4, -0.2) is 31.2 Å². The molecule has 2 atom stereocenters. The first-order chi connectivity index (χ1) is 9.02. The number of nitrogens with zero attached hydrogens (tertiary/aromatic N) is 2. The number of nitrogens with two attached hydrogens (primary N) is 1. The molecule has 1 saturated heterocycles. The minimum atomic E-state index is -0.364. The summed E-state index contributed by atoms with van der Waals surface area (Å²) in [5.74, 6) is 0.889. The monoisotopic (exact) mass is 265 g/mol. The average molecular weight is 265 g/mol. The number of hydrogen-bond acceptors (Lipinski definition) is 5. The molecule has 1 aromatic carbocycles. The summed E-state index contributed by atoms with van der Waals surface area (Å²) in [7, 11) is 1.50. The maximum Gasteiger partial charge on any atom is 0.296 e. The Morgan fingerprint density at radius 1 is 1.58 bits per heavy atom. The van der Waals surface area contributed by atoms with Gasteiger partial charge in [-0.3, -0.25) is 10.1 Å². The smallest absolute Gasteiger partial charge is 0.296 e. The van der Waals surface area contributed by atoms with Crippen LogP contribution in [-0.2, 0) is 0 Å². The van der Waals surface area contributed by atoms with Crippen molar-refractivity contribution in [3.63, 3.8) is 0 Å². The molecule has 19 heavy (non-hydrogen) atoms.